The lowest BCUT2D eigenvalue weighted by Gasteiger charge is -2.30. The van der Waals surface area contributed by atoms with Gasteiger partial charge in [0.2, 0.25) is 11.0 Å². The number of aromatic nitrogens is 2. The van der Waals surface area contributed by atoms with Gasteiger partial charge < -0.3 is 10.2 Å². The van der Waals surface area contributed by atoms with E-state index >= 15 is 0 Å². The maximum Gasteiger partial charge on any atom is 0.233 e. The van der Waals surface area contributed by atoms with Crippen molar-refractivity contribution >= 4 is 39.8 Å². The Morgan fingerprint density at radius 2 is 2.24 bits per heavy atom. The molecule has 0 spiro atoms. The van der Waals surface area contributed by atoms with Gasteiger partial charge in [0, 0.05) is 18.8 Å². The van der Waals surface area contributed by atoms with Crippen LogP contribution in [0.2, 0.25) is 0 Å². The van der Waals surface area contributed by atoms with E-state index in [4.69, 9.17) is 0 Å². The molecule has 0 bridgehead atoms. The zero-order valence-corrected chi connectivity index (χ0v) is 16.5. The predicted octanol–water partition coefficient (Wildman–Crippen LogP) is 4.25. The third kappa shape index (κ3) is 4.73. The molecule has 1 aliphatic rings. The van der Waals surface area contributed by atoms with E-state index in [0.29, 0.717) is 11.7 Å². The minimum Gasteiger partial charge on any atom is -0.342 e. The molecule has 1 fully saturated rings. The largest absolute Gasteiger partial charge is 0.342 e. The Bertz CT molecular complexity index is 746. The highest BCUT2D eigenvalue weighted by Crippen LogP contribution is 2.29. The molecule has 7 heteroatoms. The molecule has 1 aliphatic heterocycles. The third-order valence-corrected chi connectivity index (χ3v) is 6.54. The molecule has 1 N–H and O–H groups in total. The Labute approximate surface area is 157 Å². The maximum atomic E-state index is 12.3. The number of nitrogens with zero attached hydrogens (tertiary/aromatic N) is 3. The van der Waals surface area contributed by atoms with Crippen LogP contribution in [0.15, 0.2) is 22.5 Å². The lowest BCUT2D eigenvalue weighted by Crippen LogP contribution is -2.40. The van der Waals surface area contributed by atoms with Gasteiger partial charge in [0.25, 0.3) is 0 Å². The molecule has 0 radical (unpaired) electrons. The second-order valence-corrected chi connectivity index (χ2v) is 8.82. The highest BCUT2D eigenvalue weighted by molar-refractivity contribution is 8.01. The van der Waals surface area contributed by atoms with Crippen LogP contribution in [0, 0.1) is 19.8 Å². The summed E-state index contributed by atoms with van der Waals surface area (Å²) in [7, 11) is 0. The quantitative estimate of drug-likeness (QED) is 0.791. The summed E-state index contributed by atoms with van der Waals surface area (Å²) < 4.78 is 0.825. The van der Waals surface area contributed by atoms with E-state index in [1.54, 1.807) is 0 Å². The lowest BCUT2D eigenvalue weighted by atomic mass is 10.0. The molecule has 0 aliphatic carbocycles. The summed E-state index contributed by atoms with van der Waals surface area (Å²) in [4.78, 5) is 14.3. The number of carbonyl (C=O) groups is 1. The number of thioether (sulfide) groups is 1. The maximum absolute atomic E-state index is 12.3. The Morgan fingerprint density at radius 1 is 1.40 bits per heavy atom. The van der Waals surface area contributed by atoms with Crippen LogP contribution in [-0.4, -0.2) is 39.8 Å². The van der Waals surface area contributed by atoms with Gasteiger partial charge in [0.1, 0.15) is 0 Å². The fourth-order valence-electron chi connectivity index (χ4n) is 2.95. The zero-order valence-electron chi connectivity index (χ0n) is 14.9. The summed E-state index contributed by atoms with van der Waals surface area (Å²) in [6, 6.07) is 6.16. The first kappa shape index (κ1) is 18.2. The van der Waals surface area contributed by atoms with Gasteiger partial charge >= 0.3 is 0 Å². The van der Waals surface area contributed by atoms with Gasteiger partial charge in [-0.2, -0.15) is 0 Å². The average molecular weight is 377 g/mol. The standard InChI is InChI=1S/C18H24N4OS2/c1-12-6-5-9-22(10-12)16(23)11-24-18-21-20-17(25-18)19-15-8-4-7-13(2)14(15)3/h4,7-8,12H,5-6,9-11H2,1-3H3,(H,19,20)/t12-/m0/s1. The molecular formula is C18H24N4OS2. The number of benzene rings is 1. The summed E-state index contributed by atoms with van der Waals surface area (Å²) >= 11 is 2.97. The van der Waals surface area contributed by atoms with Crippen molar-refractivity contribution in [3.8, 4) is 0 Å². The topological polar surface area (TPSA) is 58.1 Å². The fourth-order valence-corrected chi connectivity index (χ4v) is 4.62. The number of nitrogens with one attached hydrogen (secondary N) is 1. The van der Waals surface area contributed by atoms with Gasteiger partial charge in [-0.3, -0.25) is 4.79 Å². The molecule has 3 rings (SSSR count). The first-order chi connectivity index (χ1) is 12.0. The number of rotatable bonds is 5. The molecule has 5 nitrogen and oxygen atoms in total. The second kappa shape index (κ2) is 8.19. The van der Waals surface area contributed by atoms with Gasteiger partial charge in [0.15, 0.2) is 4.34 Å². The van der Waals surface area contributed by atoms with Gasteiger partial charge in [-0.15, -0.1) is 10.2 Å². The molecule has 1 aromatic heterocycles. The average Bonchev–Trinajstić information content (AvgIpc) is 3.04. The van der Waals surface area contributed by atoms with Crippen LogP contribution in [0.5, 0.6) is 0 Å². The van der Waals surface area contributed by atoms with Crippen LogP contribution < -0.4 is 5.32 Å². The SMILES string of the molecule is Cc1cccc(Nc2nnc(SCC(=O)N3CCC[C@H](C)C3)s2)c1C. The lowest BCUT2D eigenvalue weighted by molar-refractivity contribution is -0.130. The molecule has 25 heavy (non-hydrogen) atoms. The number of amides is 1. The highest BCUT2D eigenvalue weighted by atomic mass is 32.2. The van der Waals surface area contributed by atoms with Crippen LogP contribution in [0.3, 0.4) is 0 Å². The number of carbonyl (C=O) groups excluding carboxylic acids is 1. The second-order valence-electron chi connectivity index (χ2n) is 6.62. The summed E-state index contributed by atoms with van der Waals surface area (Å²) in [6.45, 7) is 8.17. The van der Waals surface area contributed by atoms with Crippen molar-refractivity contribution in [3.05, 3.63) is 29.3 Å². The summed E-state index contributed by atoms with van der Waals surface area (Å²) in [6.07, 6.45) is 2.33. The predicted molar refractivity (Wildman–Crippen MR) is 105 cm³/mol. The van der Waals surface area contributed by atoms with E-state index in [2.05, 4.69) is 42.4 Å². The molecule has 134 valence electrons. The Hall–Kier alpha value is -1.60. The molecule has 1 amide bonds. The monoisotopic (exact) mass is 376 g/mol. The van der Waals surface area contributed by atoms with E-state index in [1.807, 2.05) is 17.0 Å². The number of hydrogen-bond donors (Lipinski definition) is 1. The van der Waals surface area contributed by atoms with Crippen molar-refractivity contribution in [3.63, 3.8) is 0 Å². The van der Waals surface area contributed by atoms with Crippen molar-refractivity contribution < 1.29 is 4.79 Å². The van der Waals surface area contributed by atoms with E-state index in [-0.39, 0.29) is 5.91 Å². The van der Waals surface area contributed by atoms with Crippen LogP contribution in [0.1, 0.15) is 30.9 Å². The van der Waals surface area contributed by atoms with E-state index in [9.17, 15) is 4.79 Å². The fraction of sp³-hybridized carbons (Fsp3) is 0.500. The molecule has 2 aromatic rings. The van der Waals surface area contributed by atoms with E-state index in [0.717, 1.165) is 34.7 Å². The van der Waals surface area contributed by atoms with E-state index < -0.39 is 0 Å². The Balaban J connectivity index is 1.55. The van der Waals surface area contributed by atoms with E-state index in [1.165, 1.54) is 40.6 Å². The Kier molecular flexibility index (Phi) is 5.96. The van der Waals surface area contributed by atoms with Crippen molar-refractivity contribution in [1.82, 2.24) is 15.1 Å². The normalized spacial score (nSPS) is 17.6. The molecule has 2 heterocycles. The van der Waals surface area contributed by atoms with Gasteiger partial charge in [0.05, 0.1) is 5.75 Å². The zero-order chi connectivity index (χ0) is 17.8. The summed E-state index contributed by atoms with van der Waals surface area (Å²) in [5.74, 6) is 1.25. The van der Waals surface area contributed by atoms with Crippen molar-refractivity contribution in [2.75, 3.05) is 24.2 Å². The number of aryl methyl sites for hydroxylation is 1. The number of anilines is 2. The Morgan fingerprint density at radius 3 is 3.04 bits per heavy atom. The summed E-state index contributed by atoms with van der Waals surface area (Å²) in [5, 5.41) is 12.5. The van der Waals surface area contributed by atoms with Crippen molar-refractivity contribution in [1.29, 1.82) is 0 Å². The van der Waals surface area contributed by atoms with Crippen molar-refractivity contribution in [2.24, 2.45) is 5.92 Å². The first-order valence-corrected chi connectivity index (χ1v) is 10.4. The minimum atomic E-state index is 0.204. The summed E-state index contributed by atoms with van der Waals surface area (Å²) in [5.41, 5.74) is 3.50. The molecule has 1 saturated heterocycles. The van der Waals surface area contributed by atoms with Gasteiger partial charge in [-0.1, -0.05) is 42.2 Å². The molecular weight excluding hydrogens is 352 g/mol. The van der Waals surface area contributed by atoms with Crippen LogP contribution in [0.4, 0.5) is 10.8 Å². The van der Waals surface area contributed by atoms with Crippen LogP contribution in [0.25, 0.3) is 0 Å². The highest BCUT2D eigenvalue weighted by Gasteiger charge is 2.21. The number of likely N-dealkylation sites (tertiary alicyclic amines) is 1. The van der Waals surface area contributed by atoms with Crippen LogP contribution in [-0.2, 0) is 4.79 Å². The van der Waals surface area contributed by atoms with Crippen molar-refractivity contribution in [2.45, 2.75) is 38.0 Å². The third-order valence-electron chi connectivity index (χ3n) is 4.58. The van der Waals surface area contributed by atoms with Crippen LogP contribution >= 0.6 is 23.1 Å². The smallest absolute Gasteiger partial charge is 0.233 e. The minimum absolute atomic E-state index is 0.204. The molecule has 1 atom stereocenters. The first-order valence-electron chi connectivity index (χ1n) is 8.60. The molecule has 1 aromatic carbocycles. The number of hydrogen-bond acceptors (Lipinski definition) is 6. The number of piperidine rings is 1. The van der Waals surface area contributed by atoms with Gasteiger partial charge in [-0.05, 0) is 49.8 Å². The molecule has 0 unspecified atom stereocenters. The molecule has 0 saturated carbocycles. The van der Waals surface area contributed by atoms with Gasteiger partial charge in [-0.25, -0.2) is 0 Å².